The Hall–Kier alpha value is -4.45. The molecule has 0 atom stereocenters. The van der Waals surface area contributed by atoms with Gasteiger partial charge < -0.3 is 9.47 Å². The summed E-state index contributed by atoms with van der Waals surface area (Å²) in [6.07, 6.45) is 2.97. The fourth-order valence-electron chi connectivity index (χ4n) is 4.18. The number of fused-ring (bicyclic) bond motifs is 1. The summed E-state index contributed by atoms with van der Waals surface area (Å²) in [6.45, 7) is 1.40. The van der Waals surface area contributed by atoms with E-state index in [0.717, 1.165) is 22.4 Å². The summed E-state index contributed by atoms with van der Waals surface area (Å²) >= 11 is 0. The van der Waals surface area contributed by atoms with E-state index >= 15 is 0 Å². The van der Waals surface area contributed by atoms with Crippen LogP contribution >= 0.6 is 0 Å². The first-order valence-corrected chi connectivity index (χ1v) is 11.4. The SMILES string of the molecule is COc1ccccc1-c1cn2c(OC(C)=O)c(Cc3ccccc3)nc2c(Cc2ccccc2)n1. The lowest BCUT2D eigenvalue weighted by molar-refractivity contribution is -0.132. The number of rotatable bonds is 7. The lowest BCUT2D eigenvalue weighted by Gasteiger charge is -2.12. The number of carbonyl (C=O) groups excluding carboxylic acids is 1. The Morgan fingerprint density at radius 2 is 1.40 bits per heavy atom. The van der Waals surface area contributed by atoms with Gasteiger partial charge in [0.05, 0.1) is 18.5 Å². The fourth-order valence-corrected chi connectivity index (χ4v) is 4.18. The Morgan fingerprint density at radius 3 is 2.03 bits per heavy atom. The average Bonchev–Trinajstić information content (AvgIpc) is 3.21. The molecule has 0 aliphatic rings. The van der Waals surface area contributed by atoms with Gasteiger partial charge in [0.2, 0.25) is 5.88 Å². The minimum atomic E-state index is -0.402. The van der Waals surface area contributed by atoms with Crippen LogP contribution in [-0.4, -0.2) is 27.4 Å². The van der Waals surface area contributed by atoms with Gasteiger partial charge in [-0.1, -0.05) is 72.8 Å². The molecule has 0 aliphatic heterocycles. The molecule has 5 aromatic rings. The van der Waals surface area contributed by atoms with Crippen molar-refractivity contribution in [3.63, 3.8) is 0 Å². The molecule has 0 spiro atoms. The number of hydrogen-bond donors (Lipinski definition) is 0. The highest BCUT2D eigenvalue weighted by atomic mass is 16.5. The Labute approximate surface area is 203 Å². The number of imidazole rings is 1. The van der Waals surface area contributed by atoms with Crippen LogP contribution in [0.3, 0.4) is 0 Å². The predicted molar refractivity (Wildman–Crippen MR) is 135 cm³/mol. The van der Waals surface area contributed by atoms with E-state index in [-0.39, 0.29) is 0 Å². The highest BCUT2D eigenvalue weighted by Crippen LogP contribution is 2.32. The first kappa shape index (κ1) is 22.3. The van der Waals surface area contributed by atoms with E-state index in [1.165, 1.54) is 6.92 Å². The van der Waals surface area contributed by atoms with Gasteiger partial charge in [-0.2, -0.15) is 0 Å². The summed E-state index contributed by atoms with van der Waals surface area (Å²) in [5.41, 5.74) is 5.87. The quantitative estimate of drug-likeness (QED) is 0.298. The number of nitrogens with zero attached hydrogens (tertiary/aromatic N) is 3. The van der Waals surface area contributed by atoms with E-state index in [1.54, 1.807) is 7.11 Å². The van der Waals surface area contributed by atoms with Crippen LogP contribution in [0.1, 0.15) is 29.4 Å². The van der Waals surface area contributed by atoms with E-state index in [2.05, 4.69) is 12.1 Å². The largest absolute Gasteiger partial charge is 0.496 e. The Bertz CT molecular complexity index is 1480. The maximum absolute atomic E-state index is 12.1. The van der Waals surface area contributed by atoms with Gasteiger partial charge >= 0.3 is 5.97 Å². The number of aromatic nitrogens is 3. The summed E-state index contributed by atoms with van der Waals surface area (Å²) in [6, 6.07) is 27.9. The third-order valence-corrected chi connectivity index (χ3v) is 5.75. The molecule has 2 aromatic heterocycles. The van der Waals surface area contributed by atoms with Gasteiger partial charge in [-0.05, 0) is 23.3 Å². The van der Waals surface area contributed by atoms with Crippen LogP contribution in [0.15, 0.2) is 91.1 Å². The van der Waals surface area contributed by atoms with Gasteiger partial charge in [-0.15, -0.1) is 0 Å². The molecule has 0 radical (unpaired) electrons. The van der Waals surface area contributed by atoms with E-state index < -0.39 is 5.97 Å². The minimum absolute atomic E-state index is 0.402. The van der Waals surface area contributed by atoms with Crippen LogP contribution in [0.5, 0.6) is 11.6 Å². The molecule has 2 heterocycles. The standard InChI is InChI=1S/C29H25N3O3/c1-20(33)35-29-25(18-22-13-7-4-8-14-22)31-28-24(17-21-11-5-3-6-12-21)30-26(19-32(28)29)23-15-9-10-16-27(23)34-2/h3-16,19H,17-18H2,1-2H3. The monoisotopic (exact) mass is 463 g/mol. The maximum atomic E-state index is 12.1. The summed E-state index contributed by atoms with van der Waals surface area (Å²) in [7, 11) is 1.64. The van der Waals surface area contributed by atoms with Crippen molar-refractivity contribution in [3.05, 3.63) is 114 Å². The molecule has 0 fully saturated rings. The highest BCUT2D eigenvalue weighted by molar-refractivity contribution is 5.72. The summed E-state index contributed by atoms with van der Waals surface area (Å²) < 4.78 is 13.2. The third-order valence-electron chi connectivity index (χ3n) is 5.75. The van der Waals surface area contributed by atoms with Crippen molar-refractivity contribution < 1.29 is 14.3 Å². The molecule has 0 aliphatic carbocycles. The second-order valence-corrected chi connectivity index (χ2v) is 8.25. The molecule has 0 unspecified atom stereocenters. The predicted octanol–water partition coefficient (Wildman–Crippen LogP) is 5.51. The van der Waals surface area contributed by atoms with Crippen molar-refractivity contribution in [2.75, 3.05) is 7.11 Å². The molecule has 0 N–H and O–H groups in total. The van der Waals surface area contributed by atoms with Crippen LogP contribution in [0, 0.1) is 0 Å². The molecule has 0 saturated heterocycles. The molecule has 174 valence electrons. The first-order valence-electron chi connectivity index (χ1n) is 11.4. The van der Waals surface area contributed by atoms with Crippen molar-refractivity contribution in [2.45, 2.75) is 19.8 Å². The number of benzene rings is 3. The molecule has 6 heteroatoms. The van der Waals surface area contributed by atoms with Gasteiger partial charge in [0.25, 0.3) is 0 Å². The van der Waals surface area contributed by atoms with Crippen LogP contribution in [0.25, 0.3) is 16.9 Å². The van der Waals surface area contributed by atoms with Crippen LogP contribution in [0.2, 0.25) is 0 Å². The van der Waals surface area contributed by atoms with Crippen LogP contribution in [0.4, 0.5) is 0 Å². The smallest absolute Gasteiger partial charge is 0.309 e. The molecule has 0 amide bonds. The van der Waals surface area contributed by atoms with E-state index in [1.807, 2.05) is 83.4 Å². The van der Waals surface area contributed by atoms with Crippen molar-refractivity contribution in [3.8, 4) is 22.9 Å². The summed E-state index contributed by atoms with van der Waals surface area (Å²) in [4.78, 5) is 22.0. The second-order valence-electron chi connectivity index (χ2n) is 8.25. The number of ether oxygens (including phenoxy) is 2. The maximum Gasteiger partial charge on any atom is 0.309 e. The van der Waals surface area contributed by atoms with Gasteiger partial charge in [0.1, 0.15) is 11.4 Å². The number of para-hydroxylation sites is 1. The Kier molecular flexibility index (Phi) is 6.26. The number of esters is 1. The van der Waals surface area contributed by atoms with Crippen molar-refractivity contribution >= 4 is 11.6 Å². The number of hydrogen-bond acceptors (Lipinski definition) is 5. The zero-order chi connectivity index (χ0) is 24.2. The topological polar surface area (TPSA) is 65.7 Å². The van der Waals surface area contributed by atoms with Gasteiger partial charge in [0, 0.05) is 31.5 Å². The lowest BCUT2D eigenvalue weighted by Crippen LogP contribution is -2.07. The van der Waals surface area contributed by atoms with Gasteiger partial charge in [0.15, 0.2) is 5.65 Å². The van der Waals surface area contributed by atoms with E-state index in [9.17, 15) is 4.79 Å². The Morgan fingerprint density at radius 1 is 0.800 bits per heavy atom. The minimum Gasteiger partial charge on any atom is -0.496 e. The third kappa shape index (κ3) is 4.77. The van der Waals surface area contributed by atoms with Crippen molar-refractivity contribution in [1.82, 2.24) is 14.4 Å². The lowest BCUT2D eigenvalue weighted by atomic mass is 10.1. The fraction of sp³-hybridized carbons (Fsp3) is 0.138. The second kappa shape index (κ2) is 9.81. The van der Waals surface area contributed by atoms with Gasteiger partial charge in [-0.3, -0.25) is 9.20 Å². The summed E-state index contributed by atoms with van der Waals surface area (Å²) in [5, 5.41) is 0. The summed E-state index contributed by atoms with van der Waals surface area (Å²) in [5.74, 6) is 0.717. The molecule has 35 heavy (non-hydrogen) atoms. The molecule has 6 nitrogen and oxygen atoms in total. The molecule has 0 bridgehead atoms. The van der Waals surface area contributed by atoms with E-state index in [4.69, 9.17) is 19.4 Å². The number of methoxy groups -OCH3 is 1. The zero-order valence-electron chi connectivity index (χ0n) is 19.6. The van der Waals surface area contributed by atoms with Crippen LogP contribution < -0.4 is 9.47 Å². The molecular formula is C29H25N3O3. The Balaban J connectivity index is 1.74. The average molecular weight is 464 g/mol. The van der Waals surface area contributed by atoms with Crippen LogP contribution in [-0.2, 0) is 17.6 Å². The number of carbonyl (C=O) groups is 1. The van der Waals surface area contributed by atoms with Crippen molar-refractivity contribution in [1.29, 1.82) is 0 Å². The van der Waals surface area contributed by atoms with Gasteiger partial charge in [-0.25, -0.2) is 9.97 Å². The molecule has 3 aromatic carbocycles. The van der Waals surface area contributed by atoms with Crippen molar-refractivity contribution in [2.24, 2.45) is 0 Å². The highest BCUT2D eigenvalue weighted by Gasteiger charge is 2.21. The molecule has 5 rings (SSSR count). The first-order chi connectivity index (χ1) is 17.1. The molecular weight excluding hydrogens is 438 g/mol. The zero-order valence-corrected chi connectivity index (χ0v) is 19.6. The molecule has 0 saturated carbocycles. The van der Waals surface area contributed by atoms with E-state index in [0.29, 0.717) is 41.5 Å². The normalized spacial score (nSPS) is 10.9.